The zero-order valence-electron chi connectivity index (χ0n) is 15.9. The first kappa shape index (κ1) is 19.2. The maximum Gasteiger partial charge on any atom is 0.267 e. The number of carbonyl (C=O) groups is 1. The molecular formula is C21H21N3O4. The van der Waals surface area contributed by atoms with Crippen molar-refractivity contribution in [2.75, 3.05) is 19.5 Å². The van der Waals surface area contributed by atoms with Gasteiger partial charge in [-0.2, -0.15) is 5.10 Å². The number of amides is 1. The van der Waals surface area contributed by atoms with Crippen LogP contribution in [0.4, 0.5) is 5.69 Å². The van der Waals surface area contributed by atoms with Gasteiger partial charge in [-0.25, -0.2) is 4.68 Å². The van der Waals surface area contributed by atoms with Gasteiger partial charge in [0.1, 0.15) is 6.54 Å². The summed E-state index contributed by atoms with van der Waals surface area (Å²) in [6.45, 7) is 1.80. The van der Waals surface area contributed by atoms with E-state index in [1.165, 1.54) is 20.3 Å². The minimum atomic E-state index is -0.372. The van der Waals surface area contributed by atoms with Crippen molar-refractivity contribution in [1.82, 2.24) is 9.78 Å². The van der Waals surface area contributed by atoms with Gasteiger partial charge in [0.2, 0.25) is 5.91 Å². The van der Waals surface area contributed by atoms with Crippen LogP contribution in [0, 0.1) is 6.92 Å². The number of benzene rings is 2. The molecule has 3 rings (SSSR count). The monoisotopic (exact) mass is 379 g/mol. The van der Waals surface area contributed by atoms with Crippen molar-refractivity contribution in [3.63, 3.8) is 0 Å². The molecule has 7 nitrogen and oxygen atoms in total. The van der Waals surface area contributed by atoms with Gasteiger partial charge in [-0.15, -0.1) is 0 Å². The second-order valence-electron chi connectivity index (χ2n) is 6.20. The van der Waals surface area contributed by atoms with Crippen molar-refractivity contribution in [3.05, 3.63) is 70.5 Å². The highest BCUT2D eigenvalue weighted by Crippen LogP contribution is 2.29. The Labute approximate surface area is 162 Å². The van der Waals surface area contributed by atoms with E-state index in [-0.39, 0.29) is 18.0 Å². The topological polar surface area (TPSA) is 82.5 Å². The number of aryl methyl sites for hydroxylation is 1. The van der Waals surface area contributed by atoms with Crippen LogP contribution in [0.1, 0.15) is 5.56 Å². The van der Waals surface area contributed by atoms with Gasteiger partial charge in [0.15, 0.2) is 11.5 Å². The maximum absolute atomic E-state index is 12.4. The molecule has 1 heterocycles. The molecule has 7 heteroatoms. The normalized spacial score (nSPS) is 10.4. The quantitative estimate of drug-likeness (QED) is 0.712. The number of anilines is 1. The number of aromatic nitrogens is 2. The third-order valence-electron chi connectivity index (χ3n) is 4.17. The van der Waals surface area contributed by atoms with E-state index in [4.69, 9.17) is 9.47 Å². The molecule has 0 saturated carbocycles. The molecule has 1 aromatic heterocycles. The zero-order valence-corrected chi connectivity index (χ0v) is 15.9. The van der Waals surface area contributed by atoms with Crippen molar-refractivity contribution in [3.8, 4) is 22.8 Å². The fourth-order valence-corrected chi connectivity index (χ4v) is 2.69. The summed E-state index contributed by atoms with van der Waals surface area (Å²) in [6, 6.07) is 15.9. The molecule has 28 heavy (non-hydrogen) atoms. The minimum absolute atomic E-state index is 0.202. The average Bonchev–Trinajstić information content (AvgIpc) is 2.70. The van der Waals surface area contributed by atoms with E-state index in [9.17, 15) is 9.59 Å². The van der Waals surface area contributed by atoms with E-state index >= 15 is 0 Å². The summed E-state index contributed by atoms with van der Waals surface area (Å²) in [7, 11) is 3.05. The molecule has 0 aliphatic heterocycles. The maximum atomic E-state index is 12.4. The van der Waals surface area contributed by atoms with Gasteiger partial charge in [-0.05, 0) is 25.1 Å². The van der Waals surface area contributed by atoms with Crippen molar-refractivity contribution < 1.29 is 14.3 Å². The Kier molecular flexibility index (Phi) is 5.74. The highest BCUT2D eigenvalue weighted by atomic mass is 16.5. The fraction of sp³-hybridized carbons (Fsp3) is 0.190. The molecule has 2 aromatic carbocycles. The van der Waals surface area contributed by atoms with Crippen LogP contribution in [0.15, 0.2) is 59.4 Å². The van der Waals surface area contributed by atoms with Gasteiger partial charge in [-0.3, -0.25) is 9.59 Å². The number of nitrogens with one attached hydrogen (secondary N) is 1. The van der Waals surface area contributed by atoms with Crippen LogP contribution in [-0.4, -0.2) is 29.9 Å². The number of rotatable bonds is 6. The molecule has 1 amide bonds. The predicted molar refractivity (Wildman–Crippen MR) is 107 cm³/mol. The van der Waals surface area contributed by atoms with E-state index in [1.54, 1.807) is 24.3 Å². The molecule has 0 aliphatic carbocycles. The molecule has 0 aliphatic rings. The summed E-state index contributed by atoms with van der Waals surface area (Å²) >= 11 is 0. The number of carbonyl (C=O) groups excluding carboxylic acids is 1. The lowest BCUT2D eigenvalue weighted by atomic mass is 10.1. The summed E-state index contributed by atoms with van der Waals surface area (Å²) in [4.78, 5) is 24.5. The summed E-state index contributed by atoms with van der Waals surface area (Å²) in [5, 5.41) is 7.05. The summed E-state index contributed by atoms with van der Waals surface area (Å²) in [6.07, 6.45) is 0. The number of methoxy groups -OCH3 is 2. The molecule has 0 fully saturated rings. The lowest BCUT2D eigenvalue weighted by molar-refractivity contribution is -0.117. The molecule has 1 N–H and O–H groups in total. The van der Waals surface area contributed by atoms with E-state index in [0.717, 1.165) is 15.8 Å². The van der Waals surface area contributed by atoms with E-state index in [1.807, 2.05) is 31.2 Å². The first-order valence-electron chi connectivity index (χ1n) is 8.67. The molecule has 3 aromatic rings. The van der Waals surface area contributed by atoms with Crippen molar-refractivity contribution in [2.24, 2.45) is 0 Å². The van der Waals surface area contributed by atoms with E-state index in [0.29, 0.717) is 22.9 Å². The predicted octanol–water partition coefficient (Wildman–Crippen LogP) is 2.87. The van der Waals surface area contributed by atoms with Gasteiger partial charge < -0.3 is 14.8 Å². The van der Waals surface area contributed by atoms with Crippen molar-refractivity contribution in [2.45, 2.75) is 13.5 Å². The van der Waals surface area contributed by atoms with Crippen LogP contribution in [0.3, 0.4) is 0 Å². The Balaban J connectivity index is 1.78. The second kappa shape index (κ2) is 8.39. The average molecular weight is 379 g/mol. The van der Waals surface area contributed by atoms with E-state index < -0.39 is 0 Å². The smallest absolute Gasteiger partial charge is 0.267 e. The van der Waals surface area contributed by atoms with Gasteiger partial charge in [0.05, 0.1) is 19.9 Å². The van der Waals surface area contributed by atoms with Crippen LogP contribution in [0.5, 0.6) is 11.5 Å². The largest absolute Gasteiger partial charge is 0.493 e. The molecule has 0 radical (unpaired) electrons. The van der Waals surface area contributed by atoms with Gasteiger partial charge >= 0.3 is 0 Å². The van der Waals surface area contributed by atoms with E-state index in [2.05, 4.69) is 10.4 Å². The minimum Gasteiger partial charge on any atom is -0.493 e. The molecule has 0 atom stereocenters. The van der Waals surface area contributed by atoms with Gasteiger partial charge in [-0.1, -0.05) is 29.8 Å². The van der Waals surface area contributed by atoms with Crippen LogP contribution in [0.25, 0.3) is 11.3 Å². The highest BCUT2D eigenvalue weighted by molar-refractivity contribution is 5.90. The molecule has 144 valence electrons. The Hall–Kier alpha value is -3.61. The number of hydrogen-bond acceptors (Lipinski definition) is 5. The Morgan fingerprint density at radius 3 is 2.39 bits per heavy atom. The number of nitrogens with zero attached hydrogens (tertiary/aromatic N) is 2. The molecule has 0 spiro atoms. The van der Waals surface area contributed by atoms with Crippen LogP contribution in [-0.2, 0) is 11.3 Å². The van der Waals surface area contributed by atoms with Crippen LogP contribution >= 0.6 is 0 Å². The lowest BCUT2D eigenvalue weighted by Crippen LogP contribution is -2.29. The Bertz CT molecular complexity index is 1040. The SMILES string of the molecule is COc1ccc(NC(=O)Cn2nc(-c3ccc(C)cc3)ccc2=O)cc1OC. The number of ether oxygens (including phenoxy) is 2. The first-order chi connectivity index (χ1) is 13.5. The highest BCUT2D eigenvalue weighted by Gasteiger charge is 2.10. The van der Waals surface area contributed by atoms with Crippen molar-refractivity contribution in [1.29, 1.82) is 0 Å². The van der Waals surface area contributed by atoms with Gasteiger partial charge in [0, 0.05) is 23.4 Å². The molecular weight excluding hydrogens is 358 g/mol. The molecule has 0 bridgehead atoms. The molecule has 0 unspecified atom stereocenters. The second-order valence-corrected chi connectivity index (χ2v) is 6.20. The van der Waals surface area contributed by atoms with Crippen LogP contribution in [0.2, 0.25) is 0 Å². The summed E-state index contributed by atoms with van der Waals surface area (Å²) in [5.74, 6) is 0.684. The van der Waals surface area contributed by atoms with Crippen molar-refractivity contribution >= 4 is 11.6 Å². The summed E-state index contributed by atoms with van der Waals surface area (Å²) in [5.41, 5.74) is 2.81. The fourth-order valence-electron chi connectivity index (χ4n) is 2.69. The Morgan fingerprint density at radius 2 is 1.71 bits per heavy atom. The third-order valence-corrected chi connectivity index (χ3v) is 4.17. The van der Waals surface area contributed by atoms with Crippen LogP contribution < -0.4 is 20.3 Å². The standard InChI is InChI=1S/C21H21N3O4/c1-14-4-6-15(7-5-14)17-9-11-21(26)24(23-17)13-20(25)22-16-8-10-18(27-2)19(12-16)28-3/h4-12H,13H2,1-3H3,(H,22,25). The molecule has 0 saturated heterocycles. The number of hydrogen-bond donors (Lipinski definition) is 1. The zero-order chi connectivity index (χ0) is 20.1. The first-order valence-corrected chi connectivity index (χ1v) is 8.67. The summed E-state index contributed by atoms with van der Waals surface area (Å²) < 4.78 is 11.5. The lowest BCUT2D eigenvalue weighted by Gasteiger charge is -2.11. The van der Waals surface area contributed by atoms with Gasteiger partial charge in [0.25, 0.3) is 5.56 Å². The third kappa shape index (κ3) is 4.37. The Morgan fingerprint density at radius 1 is 1.00 bits per heavy atom.